The lowest BCUT2D eigenvalue weighted by Gasteiger charge is -2.35. The summed E-state index contributed by atoms with van der Waals surface area (Å²) in [6.45, 7) is 8.31. The topological polar surface area (TPSA) is 99.0 Å². The van der Waals surface area contributed by atoms with Gasteiger partial charge in [-0.25, -0.2) is 0 Å². The summed E-state index contributed by atoms with van der Waals surface area (Å²) in [5.74, 6) is -0.753. The molecule has 1 unspecified atom stereocenters. The van der Waals surface area contributed by atoms with Crippen LogP contribution >= 0.6 is 0 Å². The molecule has 3 N–H and O–H groups in total. The van der Waals surface area contributed by atoms with Crippen LogP contribution in [-0.2, 0) is 22.7 Å². The van der Waals surface area contributed by atoms with Crippen LogP contribution in [-0.4, -0.2) is 77.2 Å². The maximum atomic E-state index is 12.8. The molecule has 2 saturated heterocycles. The second-order valence-corrected chi connectivity index (χ2v) is 8.45. The molecule has 4 rings (SSSR count). The lowest BCUT2D eigenvalue weighted by Crippen LogP contribution is -2.52. The van der Waals surface area contributed by atoms with Crippen molar-refractivity contribution in [3.05, 3.63) is 34.9 Å². The highest BCUT2D eigenvalue weighted by atomic mass is 16.2. The van der Waals surface area contributed by atoms with Gasteiger partial charge in [0.25, 0.3) is 5.91 Å². The van der Waals surface area contributed by atoms with Crippen molar-refractivity contribution < 1.29 is 14.4 Å². The van der Waals surface area contributed by atoms with Crippen molar-refractivity contribution in [2.45, 2.75) is 44.9 Å². The van der Waals surface area contributed by atoms with E-state index in [1.54, 1.807) is 4.90 Å². The quantitative estimate of drug-likeness (QED) is 0.672. The summed E-state index contributed by atoms with van der Waals surface area (Å²) in [6, 6.07) is 5.62. The number of piperazine rings is 1. The Labute approximate surface area is 171 Å². The van der Waals surface area contributed by atoms with Gasteiger partial charge in [-0.1, -0.05) is 12.1 Å². The summed E-state index contributed by atoms with van der Waals surface area (Å²) in [5, 5.41) is 2.34. The first-order chi connectivity index (χ1) is 13.9. The van der Waals surface area contributed by atoms with Crippen LogP contribution in [0.3, 0.4) is 0 Å². The zero-order valence-electron chi connectivity index (χ0n) is 16.9. The molecule has 2 atom stereocenters. The molecule has 3 amide bonds. The summed E-state index contributed by atoms with van der Waals surface area (Å²) in [4.78, 5) is 42.8. The number of carbonyl (C=O) groups is 3. The SMILES string of the molecule is C[C@@H](N)CN1CCN(Cc2ccc3c(c2)CN(C2CCC(=O)NC2=O)C3=O)CC1. The Morgan fingerprint density at radius 3 is 2.55 bits per heavy atom. The van der Waals surface area contributed by atoms with E-state index in [2.05, 4.69) is 21.2 Å². The molecule has 3 aliphatic heterocycles. The van der Waals surface area contributed by atoms with Crippen LogP contribution in [0.2, 0.25) is 0 Å². The average molecular weight is 399 g/mol. The predicted octanol–water partition coefficient (Wildman–Crippen LogP) is -0.0876. The Hall–Kier alpha value is -2.29. The van der Waals surface area contributed by atoms with Gasteiger partial charge in [0.15, 0.2) is 0 Å². The van der Waals surface area contributed by atoms with E-state index in [9.17, 15) is 14.4 Å². The minimum atomic E-state index is -0.561. The highest BCUT2D eigenvalue weighted by Gasteiger charge is 2.39. The molecule has 0 bridgehead atoms. The van der Waals surface area contributed by atoms with Gasteiger partial charge in [0, 0.05) is 63.8 Å². The summed E-state index contributed by atoms with van der Waals surface area (Å²) in [5.41, 5.74) is 8.71. The van der Waals surface area contributed by atoms with Crippen molar-refractivity contribution in [2.75, 3.05) is 32.7 Å². The van der Waals surface area contributed by atoms with Gasteiger partial charge in [-0.05, 0) is 30.5 Å². The number of amides is 3. The van der Waals surface area contributed by atoms with Crippen LogP contribution in [0.25, 0.3) is 0 Å². The molecule has 2 fully saturated rings. The van der Waals surface area contributed by atoms with Crippen molar-refractivity contribution in [1.29, 1.82) is 0 Å². The largest absolute Gasteiger partial charge is 0.327 e. The molecule has 1 aromatic rings. The van der Waals surface area contributed by atoms with E-state index < -0.39 is 6.04 Å². The summed E-state index contributed by atoms with van der Waals surface area (Å²) < 4.78 is 0. The van der Waals surface area contributed by atoms with Gasteiger partial charge in [-0.15, -0.1) is 0 Å². The fourth-order valence-electron chi connectivity index (χ4n) is 4.52. The molecule has 3 heterocycles. The van der Waals surface area contributed by atoms with E-state index in [0.29, 0.717) is 18.5 Å². The van der Waals surface area contributed by atoms with Crippen molar-refractivity contribution in [2.24, 2.45) is 5.73 Å². The zero-order valence-corrected chi connectivity index (χ0v) is 16.9. The lowest BCUT2D eigenvalue weighted by molar-refractivity contribution is -0.136. The molecular weight excluding hydrogens is 370 g/mol. The first-order valence-corrected chi connectivity index (χ1v) is 10.4. The number of hydrogen-bond acceptors (Lipinski definition) is 6. The van der Waals surface area contributed by atoms with E-state index in [-0.39, 0.29) is 30.2 Å². The second-order valence-electron chi connectivity index (χ2n) is 8.45. The number of benzene rings is 1. The zero-order chi connectivity index (χ0) is 20.5. The van der Waals surface area contributed by atoms with Gasteiger partial charge < -0.3 is 10.6 Å². The number of imide groups is 1. The fraction of sp³-hybridized carbons (Fsp3) is 0.571. The number of nitrogens with zero attached hydrogens (tertiary/aromatic N) is 3. The van der Waals surface area contributed by atoms with E-state index in [4.69, 9.17) is 5.73 Å². The van der Waals surface area contributed by atoms with Crippen LogP contribution in [0.5, 0.6) is 0 Å². The highest BCUT2D eigenvalue weighted by Crippen LogP contribution is 2.28. The first kappa shape index (κ1) is 20.0. The molecule has 29 heavy (non-hydrogen) atoms. The summed E-state index contributed by atoms with van der Waals surface area (Å²) in [7, 11) is 0. The van der Waals surface area contributed by atoms with E-state index in [1.165, 1.54) is 5.56 Å². The van der Waals surface area contributed by atoms with E-state index in [0.717, 1.165) is 44.8 Å². The third kappa shape index (κ3) is 4.34. The molecule has 0 radical (unpaired) electrons. The molecule has 0 aromatic heterocycles. The van der Waals surface area contributed by atoms with Crippen LogP contribution in [0.15, 0.2) is 18.2 Å². The van der Waals surface area contributed by atoms with E-state index in [1.807, 2.05) is 19.1 Å². The average Bonchev–Trinajstić information content (AvgIpc) is 2.99. The summed E-state index contributed by atoms with van der Waals surface area (Å²) in [6.07, 6.45) is 0.666. The Balaban J connectivity index is 1.38. The van der Waals surface area contributed by atoms with Gasteiger partial charge in [0.05, 0.1) is 0 Å². The molecule has 1 aromatic carbocycles. The van der Waals surface area contributed by atoms with Crippen molar-refractivity contribution in [3.8, 4) is 0 Å². The minimum Gasteiger partial charge on any atom is -0.327 e. The van der Waals surface area contributed by atoms with Crippen LogP contribution in [0.1, 0.15) is 41.3 Å². The third-order valence-electron chi connectivity index (χ3n) is 6.01. The smallest absolute Gasteiger partial charge is 0.255 e. The van der Waals surface area contributed by atoms with Crippen LogP contribution < -0.4 is 11.1 Å². The predicted molar refractivity (Wildman–Crippen MR) is 108 cm³/mol. The van der Waals surface area contributed by atoms with Crippen LogP contribution in [0, 0.1) is 0 Å². The molecule has 8 heteroatoms. The number of piperidine rings is 1. The number of fused-ring (bicyclic) bond motifs is 1. The second kappa shape index (κ2) is 8.22. The molecule has 0 saturated carbocycles. The molecule has 8 nitrogen and oxygen atoms in total. The van der Waals surface area contributed by atoms with Gasteiger partial charge in [0.1, 0.15) is 6.04 Å². The minimum absolute atomic E-state index is 0.120. The van der Waals surface area contributed by atoms with Gasteiger partial charge in [-0.3, -0.25) is 29.5 Å². The maximum Gasteiger partial charge on any atom is 0.255 e. The highest BCUT2D eigenvalue weighted by molar-refractivity contribution is 6.05. The molecule has 0 aliphatic carbocycles. The van der Waals surface area contributed by atoms with Crippen molar-refractivity contribution >= 4 is 17.7 Å². The summed E-state index contributed by atoms with van der Waals surface area (Å²) >= 11 is 0. The normalized spacial score (nSPS) is 24.6. The Morgan fingerprint density at radius 1 is 1.14 bits per heavy atom. The van der Waals surface area contributed by atoms with Crippen molar-refractivity contribution in [3.63, 3.8) is 0 Å². The Morgan fingerprint density at radius 2 is 1.86 bits per heavy atom. The van der Waals surface area contributed by atoms with Crippen molar-refractivity contribution in [1.82, 2.24) is 20.0 Å². The molecule has 3 aliphatic rings. The van der Waals surface area contributed by atoms with Crippen LogP contribution in [0.4, 0.5) is 0 Å². The Kier molecular flexibility index (Phi) is 5.67. The maximum absolute atomic E-state index is 12.8. The van der Waals surface area contributed by atoms with E-state index >= 15 is 0 Å². The third-order valence-corrected chi connectivity index (χ3v) is 6.01. The molecule has 156 valence electrons. The lowest BCUT2D eigenvalue weighted by atomic mass is 10.0. The standard InChI is InChI=1S/C21H29N5O3/c1-14(22)11-24-6-8-25(9-7-24)12-15-2-3-17-16(10-15)13-26(21(17)29)18-4-5-19(27)23-20(18)28/h2-3,10,14,18H,4-9,11-13,22H2,1H3,(H,23,27,28)/t14-,18?/m1/s1. The monoisotopic (exact) mass is 399 g/mol. The number of rotatable bonds is 5. The van der Waals surface area contributed by atoms with Gasteiger partial charge in [-0.2, -0.15) is 0 Å². The first-order valence-electron chi connectivity index (χ1n) is 10.4. The molecular formula is C21H29N5O3. The number of nitrogens with one attached hydrogen (secondary N) is 1. The molecule has 0 spiro atoms. The van der Waals surface area contributed by atoms with Gasteiger partial charge >= 0.3 is 0 Å². The fourth-order valence-corrected chi connectivity index (χ4v) is 4.52. The number of carbonyl (C=O) groups excluding carboxylic acids is 3. The number of nitrogens with two attached hydrogens (primary N) is 1. The Bertz CT molecular complexity index is 817. The van der Waals surface area contributed by atoms with Gasteiger partial charge in [0.2, 0.25) is 11.8 Å². The number of hydrogen-bond donors (Lipinski definition) is 2.